The Balaban J connectivity index is 1.30. The van der Waals surface area contributed by atoms with Crippen molar-refractivity contribution in [2.24, 2.45) is 5.92 Å². The maximum absolute atomic E-state index is 4.52. The first-order valence-corrected chi connectivity index (χ1v) is 8.22. The topological polar surface area (TPSA) is 71.2 Å². The summed E-state index contributed by atoms with van der Waals surface area (Å²) >= 11 is 1.70. The molecular weight excluding hydrogens is 298 g/mol. The average Bonchev–Trinajstić information content (AvgIpc) is 3.16. The lowest BCUT2D eigenvalue weighted by Gasteiger charge is -2.40. The molecule has 3 aromatic rings. The summed E-state index contributed by atoms with van der Waals surface area (Å²) in [6, 6.07) is 4.28. The largest absolute Gasteiger partial charge is 0.354 e. The molecule has 0 aromatic carbocycles. The van der Waals surface area contributed by atoms with Gasteiger partial charge in [-0.2, -0.15) is 4.52 Å². The smallest absolute Gasteiger partial charge is 0.177 e. The van der Waals surface area contributed by atoms with Gasteiger partial charge in [0.1, 0.15) is 17.2 Å². The van der Waals surface area contributed by atoms with Gasteiger partial charge in [0.25, 0.3) is 0 Å². The van der Waals surface area contributed by atoms with Crippen LogP contribution in [0, 0.1) is 5.92 Å². The van der Waals surface area contributed by atoms with Crippen molar-refractivity contribution in [1.29, 1.82) is 0 Å². The van der Waals surface area contributed by atoms with E-state index in [0.29, 0.717) is 12.0 Å². The van der Waals surface area contributed by atoms with Crippen LogP contribution in [0.15, 0.2) is 30.0 Å². The first-order chi connectivity index (χ1) is 10.8. The van der Waals surface area contributed by atoms with Gasteiger partial charge < -0.3 is 10.2 Å². The van der Waals surface area contributed by atoms with Gasteiger partial charge in [-0.25, -0.2) is 4.98 Å². The van der Waals surface area contributed by atoms with Gasteiger partial charge in [0.05, 0.1) is 6.04 Å². The Hall–Kier alpha value is -2.06. The van der Waals surface area contributed by atoms with Crippen LogP contribution in [-0.2, 0) is 0 Å². The molecule has 1 atom stereocenters. The van der Waals surface area contributed by atoms with Crippen molar-refractivity contribution in [2.45, 2.75) is 13.0 Å². The molecule has 1 N–H and O–H groups in total. The molecule has 3 aromatic heterocycles. The summed E-state index contributed by atoms with van der Waals surface area (Å²) in [6.07, 6.45) is 3.49. The zero-order valence-electron chi connectivity index (χ0n) is 12.3. The van der Waals surface area contributed by atoms with Crippen LogP contribution in [0.5, 0.6) is 0 Å². The van der Waals surface area contributed by atoms with Crippen molar-refractivity contribution in [3.63, 3.8) is 0 Å². The van der Waals surface area contributed by atoms with Gasteiger partial charge in [-0.1, -0.05) is 0 Å². The molecule has 4 rings (SSSR count). The molecule has 1 unspecified atom stereocenters. The number of fused-ring (bicyclic) bond motifs is 1. The van der Waals surface area contributed by atoms with Crippen molar-refractivity contribution >= 4 is 22.8 Å². The zero-order chi connectivity index (χ0) is 14.9. The summed E-state index contributed by atoms with van der Waals surface area (Å²) < 4.78 is 1.71. The fourth-order valence-corrected chi connectivity index (χ4v) is 3.32. The molecule has 0 radical (unpaired) electrons. The van der Waals surface area contributed by atoms with Crippen LogP contribution in [0.1, 0.15) is 18.0 Å². The number of aromatic nitrogens is 5. The number of nitrogens with one attached hydrogen (secondary N) is 1. The fraction of sp³-hybridized carbons (Fsp3) is 0.429. The summed E-state index contributed by atoms with van der Waals surface area (Å²) in [6.45, 7) is 5.22. The predicted octanol–water partition coefficient (Wildman–Crippen LogP) is 1.37. The molecule has 1 fully saturated rings. The minimum absolute atomic E-state index is 0.320. The number of hydrogen-bond donors (Lipinski definition) is 1. The summed E-state index contributed by atoms with van der Waals surface area (Å²) in [5.74, 6) is 1.64. The maximum atomic E-state index is 4.52. The number of rotatable bonds is 5. The highest BCUT2D eigenvalue weighted by Crippen LogP contribution is 2.23. The molecular formula is C14H17N7S. The second kappa shape index (κ2) is 5.62. The molecule has 22 heavy (non-hydrogen) atoms. The minimum atomic E-state index is 0.320. The van der Waals surface area contributed by atoms with Crippen molar-refractivity contribution in [3.05, 3.63) is 35.0 Å². The Morgan fingerprint density at radius 2 is 2.32 bits per heavy atom. The summed E-state index contributed by atoms with van der Waals surface area (Å²) in [4.78, 5) is 6.62. The van der Waals surface area contributed by atoms with Crippen LogP contribution in [0.2, 0.25) is 0 Å². The van der Waals surface area contributed by atoms with E-state index >= 15 is 0 Å². The Labute approximate surface area is 132 Å². The fourth-order valence-electron chi connectivity index (χ4n) is 2.65. The van der Waals surface area contributed by atoms with E-state index in [2.05, 4.69) is 37.4 Å². The van der Waals surface area contributed by atoms with Crippen LogP contribution in [0.3, 0.4) is 0 Å². The Kier molecular flexibility index (Phi) is 3.47. The van der Waals surface area contributed by atoms with Gasteiger partial charge in [-0.3, -0.25) is 0 Å². The highest BCUT2D eigenvalue weighted by Gasteiger charge is 2.28. The normalized spacial score (nSPS) is 16.9. The van der Waals surface area contributed by atoms with Crippen molar-refractivity contribution in [1.82, 2.24) is 30.1 Å². The number of thiazole rings is 1. The van der Waals surface area contributed by atoms with Gasteiger partial charge in [0.15, 0.2) is 5.65 Å². The van der Waals surface area contributed by atoms with Crippen LogP contribution in [0.25, 0.3) is 5.65 Å². The molecule has 0 amide bonds. The molecule has 7 nitrogen and oxygen atoms in total. The van der Waals surface area contributed by atoms with Crippen LogP contribution >= 0.6 is 11.3 Å². The third-order valence-corrected chi connectivity index (χ3v) is 4.92. The van der Waals surface area contributed by atoms with Gasteiger partial charge in [-0.05, 0) is 19.1 Å². The van der Waals surface area contributed by atoms with Crippen molar-refractivity contribution < 1.29 is 0 Å². The lowest BCUT2D eigenvalue weighted by molar-refractivity contribution is 0.365. The molecule has 114 valence electrons. The van der Waals surface area contributed by atoms with E-state index < -0.39 is 0 Å². The monoisotopic (exact) mass is 315 g/mol. The van der Waals surface area contributed by atoms with Crippen LogP contribution in [0.4, 0.5) is 5.82 Å². The third kappa shape index (κ3) is 2.55. The van der Waals surface area contributed by atoms with Gasteiger partial charge in [-0.15, -0.1) is 26.6 Å². The molecule has 1 aliphatic rings. The van der Waals surface area contributed by atoms with E-state index in [1.807, 2.05) is 23.7 Å². The molecule has 8 heteroatoms. The van der Waals surface area contributed by atoms with E-state index in [1.165, 1.54) is 0 Å². The lowest BCUT2D eigenvalue weighted by atomic mass is 10.00. The zero-order valence-corrected chi connectivity index (χ0v) is 13.1. The number of nitrogens with zero attached hydrogens (tertiary/aromatic N) is 6. The van der Waals surface area contributed by atoms with Crippen molar-refractivity contribution in [2.75, 3.05) is 24.5 Å². The highest BCUT2D eigenvalue weighted by molar-refractivity contribution is 7.09. The molecule has 4 heterocycles. The van der Waals surface area contributed by atoms with E-state index in [1.54, 1.807) is 22.2 Å². The van der Waals surface area contributed by atoms with Gasteiger partial charge in [0, 0.05) is 37.1 Å². The lowest BCUT2D eigenvalue weighted by Crippen LogP contribution is -2.51. The second-order valence-corrected chi connectivity index (χ2v) is 6.52. The summed E-state index contributed by atoms with van der Waals surface area (Å²) in [7, 11) is 0. The Bertz CT molecular complexity index is 747. The summed E-state index contributed by atoms with van der Waals surface area (Å²) in [5.41, 5.74) is 0.778. The maximum Gasteiger partial charge on any atom is 0.177 e. The van der Waals surface area contributed by atoms with E-state index in [4.69, 9.17) is 0 Å². The summed E-state index contributed by atoms with van der Waals surface area (Å²) in [5, 5.41) is 19.1. The molecule has 0 aliphatic carbocycles. The van der Waals surface area contributed by atoms with E-state index in [9.17, 15) is 0 Å². The molecule has 0 bridgehead atoms. The highest BCUT2D eigenvalue weighted by atomic mass is 32.1. The van der Waals surface area contributed by atoms with E-state index in [-0.39, 0.29) is 0 Å². The number of anilines is 1. The second-order valence-electron chi connectivity index (χ2n) is 5.60. The first-order valence-electron chi connectivity index (χ1n) is 7.34. The van der Waals surface area contributed by atoms with Crippen LogP contribution in [-0.4, -0.2) is 44.4 Å². The SMILES string of the molecule is CC(NCC1CN(c2ccc3nncn3n2)C1)c1nccs1. The van der Waals surface area contributed by atoms with E-state index in [0.717, 1.165) is 36.1 Å². The molecule has 1 aliphatic heterocycles. The molecule has 0 spiro atoms. The predicted molar refractivity (Wildman–Crippen MR) is 85.0 cm³/mol. The standard InChI is InChI=1S/C14H17N7S/c1-10(14-15-4-5-22-14)16-6-11-7-20(8-11)13-3-2-12-18-17-9-21(12)19-13/h2-5,9-11,16H,6-8H2,1H3. The Morgan fingerprint density at radius 1 is 1.41 bits per heavy atom. The molecule has 1 saturated heterocycles. The third-order valence-electron chi connectivity index (χ3n) is 3.96. The van der Waals surface area contributed by atoms with Crippen molar-refractivity contribution in [3.8, 4) is 0 Å². The van der Waals surface area contributed by atoms with Gasteiger partial charge >= 0.3 is 0 Å². The van der Waals surface area contributed by atoms with Gasteiger partial charge in [0.2, 0.25) is 0 Å². The minimum Gasteiger partial charge on any atom is -0.354 e. The Morgan fingerprint density at radius 3 is 3.14 bits per heavy atom. The molecule has 0 saturated carbocycles. The van der Waals surface area contributed by atoms with Crippen LogP contribution < -0.4 is 10.2 Å². The quantitative estimate of drug-likeness (QED) is 0.767. The number of hydrogen-bond acceptors (Lipinski definition) is 7. The first kappa shape index (κ1) is 13.6. The average molecular weight is 315 g/mol.